The maximum atomic E-state index is 11.1. The number of rotatable bonds is 7. The Kier molecular flexibility index (Phi) is 6.32. The Morgan fingerprint density at radius 1 is 1.56 bits per heavy atom. The molecule has 100 valence electrons. The summed E-state index contributed by atoms with van der Waals surface area (Å²) in [7, 11) is 1.41. The van der Waals surface area contributed by atoms with Crippen molar-refractivity contribution in [3.63, 3.8) is 0 Å². The van der Waals surface area contributed by atoms with Gasteiger partial charge in [-0.3, -0.25) is 14.7 Å². The van der Waals surface area contributed by atoms with Gasteiger partial charge in [-0.25, -0.2) is 0 Å². The Balaban J connectivity index is 2.59. The van der Waals surface area contributed by atoms with Crippen LogP contribution in [0.15, 0.2) is 18.3 Å². The van der Waals surface area contributed by atoms with Crippen LogP contribution in [0.25, 0.3) is 0 Å². The molecular formula is C13H21N3O2. The van der Waals surface area contributed by atoms with Crippen LogP contribution in [0.3, 0.4) is 0 Å². The zero-order valence-corrected chi connectivity index (χ0v) is 11.1. The summed E-state index contributed by atoms with van der Waals surface area (Å²) in [4.78, 5) is 17.6. The summed E-state index contributed by atoms with van der Waals surface area (Å²) in [6, 6.07) is 3.93. The van der Waals surface area contributed by atoms with E-state index in [1.54, 1.807) is 6.20 Å². The molecule has 0 aromatic carbocycles. The van der Waals surface area contributed by atoms with Crippen molar-refractivity contribution in [3.05, 3.63) is 29.6 Å². The first-order valence-corrected chi connectivity index (χ1v) is 6.13. The molecule has 0 amide bonds. The van der Waals surface area contributed by atoms with E-state index in [-0.39, 0.29) is 5.97 Å². The van der Waals surface area contributed by atoms with Gasteiger partial charge < -0.3 is 10.5 Å². The average molecular weight is 251 g/mol. The summed E-state index contributed by atoms with van der Waals surface area (Å²) in [5, 5.41) is 0. The highest BCUT2D eigenvalue weighted by Gasteiger charge is 2.09. The minimum Gasteiger partial charge on any atom is -0.469 e. The van der Waals surface area contributed by atoms with Gasteiger partial charge in [0, 0.05) is 25.8 Å². The van der Waals surface area contributed by atoms with Gasteiger partial charge in [0.2, 0.25) is 0 Å². The average Bonchev–Trinajstić information content (AvgIpc) is 2.43. The van der Waals surface area contributed by atoms with Gasteiger partial charge in [-0.15, -0.1) is 0 Å². The predicted octanol–water partition coefficient (Wildman–Crippen LogP) is 0.925. The Labute approximate surface area is 108 Å². The first-order valence-electron chi connectivity index (χ1n) is 6.13. The lowest BCUT2D eigenvalue weighted by molar-refractivity contribution is -0.141. The van der Waals surface area contributed by atoms with Crippen LogP contribution in [-0.4, -0.2) is 36.1 Å². The molecule has 1 aromatic rings. The second-order valence-corrected chi connectivity index (χ2v) is 4.01. The monoisotopic (exact) mass is 251 g/mol. The van der Waals surface area contributed by atoms with Crippen LogP contribution < -0.4 is 5.73 Å². The van der Waals surface area contributed by atoms with Crippen molar-refractivity contribution in [2.24, 2.45) is 5.73 Å². The minimum absolute atomic E-state index is 0.182. The molecule has 0 fully saturated rings. The van der Waals surface area contributed by atoms with Gasteiger partial charge in [-0.1, -0.05) is 13.0 Å². The summed E-state index contributed by atoms with van der Waals surface area (Å²) < 4.78 is 4.64. The van der Waals surface area contributed by atoms with Gasteiger partial charge in [0.1, 0.15) is 0 Å². The molecule has 0 aliphatic rings. The zero-order chi connectivity index (χ0) is 13.4. The van der Waals surface area contributed by atoms with E-state index in [4.69, 9.17) is 5.73 Å². The van der Waals surface area contributed by atoms with Crippen molar-refractivity contribution >= 4 is 5.97 Å². The first-order chi connectivity index (χ1) is 8.71. The summed E-state index contributed by atoms with van der Waals surface area (Å²) in [6.07, 6.45) is 2.15. The van der Waals surface area contributed by atoms with E-state index in [0.29, 0.717) is 19.5 Å². The van der Waals surface area contributed by atoms with Gasteiger partial charge in [-0.05, 0) is 18.2 Å². The molecule has 2 N–H and O–H groups in total. The zero-order valence-electron chi connectivity index (χ0n) is 11.1. The lowest BCUT2D eigenvalue weighted by Crippen LogP contribution is -2.27. The predicted molar refractivity (Wildman–Crippen MR) is 69.7 cm³/mol. The van der Waals surface area contributed by atoms with Crippen molar-refractivity contribution in [1.29, 1.82) is 0 Å². The number of aromatic nitrogens is 1. The fourth-order valence-corrected chi connectivity index (χ4v) is 1.74. The van der Waals surface area contributed by atoms with Gasteiger partial charge in [0.25, 0.3) is 0 Å². The van der Waals surface area contributed by atoms with Gasteiger partial charge in [-0.2, -0.15) is 0 Å². The van der Waals surface area contributed by atoms with Crippen LogP contribution >= 0.6 is 0 Å². The number of esters is 1. The minimum atomic E-state index is -0.182. The number of hydrogen-bond donors (Lipinski definition) is 1. The molecule has 0 aliphatic heterocycles. The molecule has 0 atom stereocenters. The molecule has 0 saturated heterocycles. The van der Waals surface area contributed by atoms with E-state index in [0.717, 1.165) is 24.3 Å². The summed E-state index contributed by atoms with van der Waals surface area (Å²) in [5.74, 6) is -0.182. The summed E-state index contributed by atoms with van der Waals surface area (Å²) in [6.45, 7) is 4.81. The van der Waals surface area contributed by atoms with Crippen LogP contribution in [0.2, 0.25) is 0 Å². The molecule has 0 bridgehead atoms. The molecule has 5 nitrogen and oxygen atoms in total. The fraction of sp³-hybridized carbons (Fsp3) is 0.538. The lowest BCUT2D eigenvalue weighted by atomic mass is 10.1. The molecule has 1 rings (SSSR count). The van der Waals surface area contributed by atoms with Crippen molar-refractivity contribution in [2.75, 3.05) is 20.2 Å². The third kappa shape index (κ3) is 4.43. The molecule has 1 aromatic heterocycles. The topological polar surface area (TPSA) is 68.5 Å². The van der Waals surface area contributed by atoms with Crippen LogP contribution in [0.5, 0.6) is 0 Å². The maximum Gasteiger partial charge on any atom is 0.306 e. The van der Waals surface area contributed by atoms with E-state index in [9.17, 15) is 4.79 Å². The van der Waals surface area contributed by atoms with Gasteiger partial charge in [0.15, 0.2) is 0 Å². The highest BCUT2D eigenvalue weighted by Crippen LogP contribution is 2.09. The van der Waals surface area contributed by atoms with E-state index in [1.807, 2.05) is 12.1 Å². The first kappa shape index (κ1) is 14.6. The Hall–Kier alpha value is -1.46. The van der Waals surface area contributed by atoms with Crippen LogP contribution in [0.4, 0.5) is 0 Å². The Morgan fingerprint density at radius 2 is 2.33 bits per heavy atom. The molecule has 18 heavy (non-hydrogen) atoms. The van der Waals surface area contributed by atoms with E-state index < -0.39 is 0 Å². The number of carbonyl (C=O) groups is 1. The quantitative estimate of drug-likeness (QED) is 0.730. The number of methoxy groups -OCH3 is 1. The molecule has 5 heteroatoms. The molecule has 0 radical (unpaired) electrons. The van der Waals surface area contributed by atoms with Crippen LogP contribution in [0.1, 0.15) is 24.6 Å². The third-order valence-corrected chi connectivity index (χ3v) is 2.88. The highest BCUT2D eigenvalue weighted by atomic mass is 16.5. The molecule has 0 saturated carbocycles. The standard InChI is InChI=1S/C13H21N3O2/c1-3-16(8-6-13(17)18-2)10-11-5-4-7-15-12(11)9-14/h4-5,7H,3,6,8-10,14H2,1-2H3. The number of pyridine rings is 1. The highest BCUT2D eigenvalue weighted by molar-refractivity contribution is 5.69. The molecule has 1 heterocycles. The maximum absolute atomic E-state index is 11.1. The second kappa shape index (κ2) is 7.79. The van der Waals surface area contributed by atoms with E-state index in [1.165, 1.54) is 7.11 Å². The Bertz CT molecular complexity index is 382. The van der Waals surface area contributed by atoms with Crippen LogP contribution in [0, 0.1) is 0 Å². The van der Waals surface area contributed by atoms with Crippen molar-refractivity contribution in [3.8, 4) is 0 Å². The summed E-state index contributed by atoms with van der Waals surface area (Å²) >= 11 is 0. The number of carbonyl (C=O) groups excluding carboxylic acids is 1. The number of nitrogens with two attached hydrogens (primary N) is 1. The summed E-state index contributed by atoms with van der Waals surface area (Å²) in [5.41, 5.74) is 7.68. The third-order valence-electron chi connectivity index (χ3n) is 2.88. The fourth-order valence-electron chi connectivity index (χ4n) is 1.74. The molecule has 0 aliphatic carbocycles. The second-order valence-electron chi connectivity index (χ2n) is 4.01. The van der Waals surface area contributed by atoms with Crippen LogP contribution in [-0.2, 0) is 22.6 Å². The lowest BCUT2D eigenvalue weighted by Gasteiger charge is -2.20. The van der Waals surface area contributed by atoms with E-state index >= 15 is 0 Å². The van der Waals surface area contributed by atoms with Crippen molar-refractivity contribution in [1.82, 2.24) is 9.88 Å². The van der Waals surface area contributed by atoms with Gasteiger partial charge >= 0.3 is 5.97 Å². The smallest absolute Gasteiger partial charge is 0.306 e. The number of nitrogens with zero attached hydrogens (tertiary/aromatic N) is 2. The number of ether oxygens (including phenoxy) is 1. The largest absolute Gasteiger partial charge is 0.469 e. The molecular weight excluding hydrogens is 230 g/mol. The van der Waals surface area contributed by atoms with Crippen molar-refractivity contribution in [2.45, 2.75) is 26.4 Å². The normalized spacial score (nSPS) is 10.7. The van der Waals surface area contributed by atoms with Gasteiger partial charge in [0.05, 0.1) is 19.2 Å². The molecule has 0 unspecified atom stereocenters. The SMILES string of the molecule is CCN(CCC(=O)OC)Cc1cccnc1CN. The Morgan fingerprint density at radius 3 is 2.94 bits per heavy atom. The molecule has 0 spiro atoms. The number of hydrogen-bond acceptors (Lipinski definition) is 5. The van der Waals surface area contributed by atoms with E-state index in [2.05, 4.69) is 21.5 Å². The van der Waals surface area contributed by atoms with Crippen molar-refractivity contribution < 1.29 is 9.53 Å².